The van der Waals surface area contributed by atoms with Crippen LogP contribution < -0.4 is 15.1 Å². The lowest BCUT2D eigenvalue weighted by molar-refractivity contribution is -0.116. The standard InChI is InChI=1S/C19H23FN6O/c1-25(2)18-22-16(23-19(24-18)26-11-5-6-12-26)13-21-17(27)10-9-14-7-3-4-8-15(14)20/h3-4,7-10H,5-6,11-13H2,1-2H3,(H,21,27)/b10-9+. The summed E-state index contributed by atoms with van der Waals surface area (Å²) in [4.78, 5) is 29.3. The number of aromatic nitrogens is 3. The Morgan fingerprint density at radius 2 is 1.96 bits per heavy atom. The Labute approximate surface area is 157 Å². The first-order valence-electron chi connectivity index (χ1n) is 8.90. The van der Waals surface area contributed by atoms with Gasteiger partial charge in [0.2, 0.25) is 17.8 Å². The number of benzene rings is 1. The van der Waals surface area contributed by atoms with Crippen molar-refractivity contribution in [2.75, 3.05) is 37.0 Å². The van der Waals surface area contributed by atoms with Crippen LogP contribution >= 0.6 is 0 Å². The number of hydrogen-bond acceptors (Lipinski definition) is 6. The Bertz CT molecular complexity index is 833. The highest BCUT2D eigenvalue weighted by atomic mass is 19.1. The first kappa shape index (κ1) is 18.8. The Morgan fingerprint density at radius 3 is 2.67 bits per heavy atom. The van der Waals surface area contributed by atoms with Gasteiger partial charge in [-0.25, -0.2) is 4.39 Å². The van der Waals surface area contributed by atoms with Gasteiger partial charge >= 0.3 is 0 Å². The highest BCUT2D eigenvalue weighted by Gasteiger charge is 2.18. The molecule has 0 aliphatic carbocycles. The Hall–Kier alpha value is -3.03. The molecule has 1 amide bonds. The number of nitrogens with zero attached hydrogens (tertiary/aromatic N) is 5. The van der Waals surface area contributed by atoms with Crippen LogP contribution in [0.25, 0.3) is 6.08 Å². The van der Waals surface area contributed by atoms with Crippen LogP contribution in [0.5, 0.6) is 0 Å². The summed E-state index contributed by atoms with van der Waals surface area (Å²) in [6, 6.07) is 6.28. The van der Waals surface area contributed by atoms with Crippen LogP contribution in [-0.2, 0) is 11.3 Å². The zero-order chi connectivity index (χ0) is 19.2. The lowest BCUT2D eigenvalue weighted by atomic mass is 10.2. The summed E-state index contributed by atoms with van der Waals surface area (Å²) in [6.45, 7) is 2.02. The minimum absolute atomic E-state index is 0.171. The van der Waals surface area contributed by atoms with E-state index in [1.807, 2.05) is 19.0 Å². The molecule has 0 radical (unpaired) electrons. The molecule has 27 heavy (non-hydrogen) atoms. The fraction of sp³-hybridized carbons (Fsp3) is 0.368. The smallest absolute Gasteiger partial charge is 0.244 e. The van der Waals surface area contributed by atoms with E-state index in [4.69, 9.17) is 0 Å². The largest absolute Gasteiger partial charge is 0.347 e. The topological polar surface area (TPSA) is 74.2 Å². The number of rotatable bonds is 6. The van der Waals surface area contributed by atoms with E-state index in [9.17, 15) is 9.18 Å². The van der Waals surface area contributed by atoms with E-state index < -0.39 is 0 Å². The Balaban J connectivity index is 1.67. The third-order valence-corrected chi connectivity index (χ3v) is 4.19. The molecule has 2 heterocycles. The van der Waals surface area contributed by atoms with Crippen molar-refractivity contribution in [2.45, 2.75) is 19.4 Å². The number of amides is 1. The van der Waals surface area contributed by atoms with Crippen molar-refractivity contribution in [3.05, 3.63) is 47.5 Å². The van der Waals surface area contributed by atoms with Gasteiger partial charge in [-0.3, -0.25) is 4.79 Å². The molecule has 8 heteroatoms. The molecule has 2 aromatic rings. The number of carbonyl (C=O) groups excluding carboxylic acids is 1. The number of carbonyl (C=O) groups is 1. The lowest BCUT2D eigenvalue weighted by Crippen LogP contribution is -2.26. The van der Waals surface area contributed by atoms with Crippen molar-refractivity contribution in [3.63, 3.8) is 0 Å². The molecule has 1 aromatic heterocycles. The number of nitrogens with one attached hydrogen (secondary N) is 1. The van der Waals surface area contributed by atoms with E-state index in [1.165, 1.54) is 18.2 Å². The van der Waals surface area contributed by atoms with Crippen molar-refractivity contribution in [1.82, 2.24) is 20.3 Å². The van der Waals surface area contributed by atoms with Gasteiger partial charge in [0.15, 0.2) is 5.82 Å². The predicted octanol–water partition coefficient (Wildman–Crippen LogP) is 2.01. The molecule has 7 nitrogen and oxygen atoms in total. The highest BCUT2D eigenvalue weighted by Crippen LogP contribution is 2.18. The van der Waals surface area contributed by atoms with E-state index in [2.05, 4.69) is 25.2 Å². The Kier molecular flexibility index (Phi) is 5.95. The molecule has 1 aliphatic rings. The summed E-state index contributed by atoms with van der Waals surface area (Å²) in [5, 5.41) is 2.73. The second kappa shape index (κ2) is 8.57. The van der Waals surface area contributed by atoms with Crippen molar-refractivity contribution in [1.29, 1.82) is 0 Å². The molecule has 1 saturated heterocycles. The first-order chi connectivity index (χ1) is 13.0. The van der Waals surface area contributed by atoms with Gasteiger partial charge in [-0.05, 0) is 25.0 Å². The van der Waals surface area contributed by atoms with Crippen LogP contribution in [0.1, 0.15) is 24.2 Å². The molecule has 1 aromatic carbocycles. The van der Waals surface area contributed by atoms with Gasteiger partial charge in [-0.1, -0.05) is 18.2 Å². The van der Waals surface area contributed by atoms with Gasteiger partial charge < -0.3 is 15.1 Å². The highest BCUT2D eigenvalue weighted by molar-refractivity contribution is 5.91. The third-order valence-electron chi connectivity index (χ3n) is 4.19. The monoisotopic (exact) mass is 370 g/mol. The molecule has 1 N–H and O–H groups in total. The zero-order valence-corrected chi connectivity index (χ0v) is 15.5. The van der Waals surface area contributed by atoms with Crippen molar-refractivity contribution in [3.8, 4) is 0 Å². The Morgan fingerprint density at radius 1 is 1.22 bits per heavy atom. The summed E-state index contributed by atoms with van der Waals surface area (Å²) in [5.74, 6) is 0.969. The normalized spacial score (nSPS) is 14.0. The van der Waals surface area contributed by atoms with E-state index in [-0.39, 0.29) is 18.3 Å². The number of anilines is 2. The van der Waals surface area contributed by atoms with Gasteiger partial charge in [0.1, 0.15) is 5.82 Å². The van der Waals surface area contributed by atoms with Crippen LogP contribution in [0, 0.1) is 5.82 Å². The lowest BCUT2D eigenvalue weighted by Gasteiger charge is -2.18. The van der Waals surface area contributed by atoms with Crippen molar-refractivity contribution >= 4 is 23.9 Å². The summed E-state index contributed by atoms with van der Waals surface area (Å²) < 4.78 is 13.6. The molecule has 0 bridgehead atoms. The second-order valence-electron chi connectivity index (χ2n) is 6.51. The average Bonchev–Trinajstić information content (AvgIpc) is 3.20. The van der Waals surface area contributed by atoms with Gasteiger partial charge in [0.05, 0.1) is 6.54 Å². The summed E-state index contributed by atoms with van der Waals surface area (Å²) in [5.41, 5.74) is 0.360. The molecule has 0 spiro atoms. The molecule has 0 unspecified atom stereocenters. The van der Waals surface area contributed by atoms with Crippen LogP contribution in [0.4, 0.5) is 16.3 Å². The molecule has 142 valence electrons. The maximum atomic E-state index is 13.6. The van der Waals surface area contributed by atoms with Gasteiger partial charge in [-0.15, -0.1) is 0 Å². The minimum Gasteiger partial charge on any atom is -0.347 e. The molecular formula is C19H23FN6O. The quantitative estimate of drug-likeness (QED) is 0.784. The van der Waals surface area contributed by atoms with Gasteiger partial charge in [0.25, 0.3) is 0 Å². The molecule has 0 atom stereocenters. The van der Waals surface area contributed by atoms with E-state index in [0.717, 1.165) is 25.9 Å². The average molecular weight is 370 g/mol. The van der Waals surface area contributed by atoms with Crippen molar-refractivity contribution < 1.29 is 9.18 Å². The van der Waals surface area contributed by atoms with Crippen LogP contribution in [0.3, 0.4) is 0 Å². The molecular weight excluding hydrogens is 347 g/mol. The third kappa shape index (κ3) is 4.99. The number of hydrogen-bond donors (Lipinski definition) is 1. The fourth-order valence-corrected chi connectivity index (χ4v) is 2.73. The zero-order valence-electron chi connectivity index (χ0n) is 15.5. The second-order valence-corrected chi connectivity index (χ2v) is 6.51. The van der Waals surface area contributed by atoms with Crippen molar-refractivity contribution in [2.24, 2.45) is 0 Å². The molecule has 1 fully saturated rings. The van der Waals surface area contributed by atoms with E-state index in [1.54, 1.807) is 18.2 Å². The number of halogens is 1. The molecule has 1 aliphatic heterocycles. The maximum absolute atomic E-state index is 13.6. The summed E-state index contributed by atoms with van der Waals surface area (Å²) in [7, 11) is 3.73. The van der Waals surface area contributed by atoms with Crippen LogP contribution in [0.2, 0.25) is 0 Å². The SMILES string of the molecule is CN(C)c1nc(CNC(=O)/C=C/c2ccccc2F)nc(N2CCCC2)n1. The van der Waals surface area contributed by atoms with Gasteiger partial charge in [0, 0.05) is 38.8 Å². The van der Waals surface area contributed by atoms with Crippen LogP contribution in [0.15, 0.2) is 30.3 Å². The fourth-order valence-electron chi connectivity index (χ4n) is 2.73. The summed E-state index contributed by atoms with van der Waals surface area (Å²) >= 11 is 0. The first-order valence-corrected chi connectivity index (χ1v) is 8.90. The molecule has 0 saturated carbocycles. The minimum atomic E-state index is -0.370. The van der Waals surface area contributed by atoms with E-state index in [0.29, 0.717) is 23.3 Å². The van der Waals surface area contributed by atoms with E-state index >= 15 is 0 Å². The predicted molar refractivity (Wildman–Crippen MR) is 103 cm³/mol. The maximum Gasteiger partial charge on any atom is 0.244 e. The van der Waals surface area contributed by atoms with Gasteiger partial charge in [-0.2, -0.15) is 15.0 Å². The van der Waals surface area contributed by atoms with Crippen LogP contribution in [-0.4, -0.2) is 48.0 Å². The summed E-state index contributed by atoms with van der Waals surface area (Å²) in [6.07, 6.45) is 4.98. The molecule has 3 rings (SSSR count).